The monoisotopic (exact) mass is 427 g/mol. The highest BCUT2D eigenvalue weighted by Gasteiger charge is 2.20. The number of hydrogen-bond donors (Lipinski definition) is 0. The van der Waals surface area contributed by atoms with E-state index in [1.54, 1.807) is 24.1 Å². The van der Waals surface area contributed by atoms with Gasteiger partial charge in [0.05, 0.1) is 22.6 Å². The molecule has 1 unspecified atom stereocenters. The third kappa shape index (κ3) is 4.25. The van der Waals surface area contributed by atoms with Gasteiger partial charge in [0.25, 0.3) is 5.91 Å². The number of esters is 1. The maximum absolute atomic E-state index is 12.6. The van der Waals surface area contributed by atoms with Crippen LogP contribution in [-0.4, -0.2) is 40.0 Å². The van der Waals surface area contributed by atoms with Crippen LogP contribution in [0.5, 0.6) is 0 Å². The summed E-state index contributed by atoms with van der Waals surface area (Å²) < 4.78 is 7.34. The molecule has 0 fully saturated rings. The molecule has 3 aromatic carbocycles. The lowest BCUT2D eigenvalue weighted by molar-refractivity contribution is -0.135. The zero-order valence-electron chi connectivity index (χ0n) is 18.4. The highest BCUT2D eigenvalue weighted by atomic mass is 16.5. The highest BCUT2D eigenvalue weighted by Crippen LogP contribution is 2.23. The number of amides is 1. The Morgan fingerprint density at radius 2 is 1.66 bits per heavy atom. The predicted octanol–water partition coefficient (Wildman–Crippen LogP) is 4.71. The summed E-state index contributed by atoms with van der Waals surface area (Å²) in [5.74, 6) is 0.0105. The predicted molar refractivity (Wildman–Crippen MR) is 124 cm³/mol. The minimum Gasteiger partial charge on any atom is -0.452 e. The van der Waals surface area contributed by atoms with Crippen LogP contribution in [0.2, 0.25) is 0 Å². The molecule has 1 atom stereocenters. The van der Waals surface area contributed by atoms with Crippen LogP contribution in [0.1, 0.15) is 34.7 Å². The number of fused-ring (bicyclic) bond motifs is 1. The van der Waals surface area contributed by atoms with Crippen molar-refractivity contribution in [2.45, 2.75) is 19.9 Å². The molecule has 0 radical (unpaired) electrons. The minimum atomic E-state index is -0.548. The fraction of sp³-hybridized carbons (Fsp3) is 0.192. The summed E-state index contributed by atoms with van der Waals surface area (Å²) in [5.41, 5.74) is 3.98. The first-order valence-electron chi connectivity index (χ1n) is 10.5. The van der Waals surface area contributed by atoms with Gasteiger partial charge in [-0.05, 0) is 49.7 Å². The van der Waals surface area contributed by atoms with Crippen LogP contribution in [0.15, 0.2) is 78.9 Å². The van der Waals surface area contributed by atoms with Gasteiger partial charge < -0.3 is 9.64 Å². The van der Waals surface area contributed by atoms with E-state index in [1.165, 1.54) is 0 Å². The molecular formula is C26H25N3O3. The molecule has 32 heavy (non-hydrogen) atoms. The van der Waals surface area contributed by atoms with E-state index in [-0.39, 0.29) is 18.6 Å². The van der Waals surface area contributed by atoms with Crippen molar-refractivity contribution in [3.63, 3.8) is 0 Å². The van der Waals surface area contributed by atoms with Crippen LogP contribution in [0.4, 0.5) is 0 Å². The Bertz CT molecular complexity index is 1250. The summed E-state index contributed by atoms with van der Waals surface area (Å²) in [6.45, 7) is 3.55. The molecule has 6 nitrogen and oxygen atoms in total. The van der Waals surface area contributed by atoms with Crippen molar-refractivity contribution in [3.05, 3.63) is 95.8 Å². The number of likely N-dealkylation sites (N-methyl/N-ethyl adjacent to an activating group) is 1. The van der Waals surface area contributed by atoms with Gasteiger partial charge in [0.1, 0.15) is 5.82 Å². The Hall–Kier alpha value is -3.93. The van der Waals surface area contributed by atoms with Gasteiger partial charge in [-0.3, -0.25) is 9.36 Å². The molecule has 6 heteroatoms. The number of aryl methyl sites for hydroxylation is 1. The lowest BCUT2D eigenvalue weighted by Crippen LogP contribution is -2.33. The van der Waals surface area contributed by atoms with Crippen LogP contribution in [0.25, 0.3) is 16.7 Å². The molecule has 0 bridgehead atoms. The number of carbonyl (C=O) groups is 2. The maximum Gasteiger partial charge on any atom is 0.338 e. The van der Waals surface area contributed by atoms with Crippen molar-refractivity contribution in [2.24, 2.45) is 0 Å². The third-order valence-corrected chi connectivity index (χ3v) is 5.66. The average Bonchev–Trinajstić information content (AvgIpc) is 3.17. The fourth-order valence-corrected chi connectivity index (χ4v) is 3.71. The third-order valence-electron chi connectivity index (χ3n) is 5.66. The summed E-state index contributed by atoms with van der Waals surface area (Å²) in [6.07, 6.45) is 0. The first-order chi connectivity index (χ1) is 15.5. The van der Waals surface area contributed by atoms with E-state index in [2.05, 4.69) is 4.98 Å². The fourth-order valence-electron chi connectivity index (χ4n) is 3.71. The first kappa shape index (κ1) is 21.3. The Balaban J connectivity index is 1.45. The van der Waals surface area contributed by atoms with Crippen molar-refractivity contribution in [3.8, 4) is 5.69 Å². The minimum absolute atomic E-state index is 0.122. The second-order valence-corrected chi connectivity index (χ2v) is 7.70. The van der Waals surface area contributed by atoms with Crippen molar-refractivity contribution in [1.29, 1.82) is 0 Å². The standard InChI is InChI=1S/C26H25N3O3/c1-18(20-10-6-4-7-11-20)28(3)25(30)17-32-26(31)21-14-15-24-23(16-21)27-19(2)29(24)22-12-8-5-9-13-22/h4-16,18H,17H2,1-3H3. The number of hydrogen-bond acceptors (Lipinski definition) is 4. The van der Waals surface area contributed by atoms with Gasteiger partial charge in [0.15, 0.2) is 6.61 Å². The van der Waals surface area contributed by atoms with E-state index in [9.17, 15) is 9.59 Å². The smallest absolute Gasteiger partial charge is 0.338 e. The van der Waals surface area contributed by atoms with Gasteiger partial charge in [0.2, 0.25) is 0 Å². The largest absolute Gasteiger partial charge is 0.452 e. The summed E-state index contributed by atoms with van der Waals surface area (Å²) in [4.78, 5) is 31.3. The van der Waals surface area contributed by atoms with E-state index < -0.39 is 5.97 Å². The molecular weight excluding hydrogens is 402 g/mol. The number of imidazole rings is 1. The van der Waals surface area contributed by atoms with Crippen molar-refractivity contribution in [2.75, 3.05) is 13.7 Å². The maximum atomic E-state index is 12.6. The van der Waals surface area contributed by atoms with Crippen LogP contribution >= 0.6 is 0 Å². The second kappa shape index (κ2) is 9.06. The quantitative estimate of drug-likeness (QED) is 0.418. The number of benzene rings is 3. The molecule has 0 saturated heterocycles. The van der Waals surface area contributed by atoms with E-state index in [0.29, 0.717) is 11.1 Å². The van der Waals surface area contributed by atoms with Crippen LogP contribution in [0, 0.1) is 6.92 Å². The molecule has 1 aromatic heterocycles. The number of rotatable bonds is 6. The van der Waals surface area contributed by atoms with Gasteiger partial charge in [-0.2, -0.15) is 0 Å². The SMILES string of the molecule is Cc1nc2cc(C(=O)OCC(=O)N(C)C(C)c3ccccc3)ccc2n1-c1ccccc1. The molecule has 1 heterocycles. The highest BCUT2D eigenvalue weighted by molar-refractivity contribution is 5.95. The molecule has 0 aliphatic carbocycles. The van der Waals surface area contributed by atoms with Crippen molar-refractivity contribution in [1.82, 2.24) is 14.5 Å². The average molecular weight is 428 g/mol. The normalized spacial score (nSPS) is 11.8. The summed E-state index contributed by atoms with van der Waals surface area (Å²) in [6, 6.07) is 24.8. The van der Waals surface area contributed by atoms with E-state index in [0.717, 1.165) is 22.6 Å². The van der Waals surface area contributed by atoms with Crippen LogP contribution in [-0.2, 0) is 9.53 Å². The molecule has 4 rings (SSSR count). The zero-order chi connectivity index (χ0) is 22.7. The van der Waals surface area contributed by atoms with E-state index in [4.69, 9.17) is 4.74 Å². The number of ether oxygens (including phenoxy) is 1. The summed E-state index contributed by atoms with van der Waals surface area (Å²) >= 11 is 0. The Morgan fingerprint density at radius 1 is 1.00 bits per heavy atom. The van der Waals surface area contributed by atoms with Crippen molar-refractivity contribution >= 4 is 22.9 Å². The summed E-state index contributed by atoms with van der Waals surface area (Å²) in [7, 11) is 1.71. The van der Waals surface area contributed by atoms with Gasteiger partial charge in [-0.15, -0.1) is 0 Å². The Kier molecular flexibility index (Phi) is 6.03. The molecule has 0 spiro atoms. The van der Waals surface area contributed by atoms with Crippen molar-refractivity contribution < 1.29 is 14.3 Å². The van der Waals surface area contributed by atoms with E-state index in [1.807, 2.05) is 85.1 Å². The first-order valence-corrected chi connectivity index (χ1v) is 10.5. The molecule has 162 valence electrons. The molecule has 1 amide bonds. The van der Waals surface area contributed by atoms with Gasteiger partial charge in [-0.1, -0.05) is 48.5 Å². The molecule has 0 aliphatic rings. The van der Waals surface area contributed by atoms with E-state index >= 15 is 0 Å². The molecule has 0 N–H and O–H groups in total. The van der Waals surface area contributed by atoms with Crippen LogP contribution < -0.4 is 0 Å². The van der Waals surface area contributed by atoms with Gasteiger partial charge >= 0.3 is 5.97 Å². The van der Waals surface area contributed by atoms with Gasteiger partial charge in [0, 0.05) is 12.7 Å². The second-order valence-electron chi connectivity index (χ2n) is 7.70. The zero-order valence-corrected chi connectivity index (χ0v) is 18.4. The van der Waals surface area contributed by atoms with Crippen LogP contribution in [0.3, 0.4) is 0 Å². The number of carbonyl (C=O) groups excluding carboxylic acids is 2. The molecule has 4 aromatic rings. The summed E-state index contributed by atoms with van der Waals surface area (Å²) in [5, 5.41) is 0. The molecule has 0 aliphatic heterocycles. The van der Waals surface area contributed by atoms with Gasteiger partial charge in [-0.25, -0.2) is 9.78 Å². The Labute approximate surface area is 187 Å². The number of para-hydroxylation sites is 1. The molecule has 0 saturated carbocycles. The lowest BCUT2D eigenvalue weighted by atomic mass is 10.1. The Morgan fingerprint density at radius 3 is 2.34 bits per heavy atom. The lowest BCUT2D eigenvalue weighted by Gasteiger charge is -2.25. The number of aromatic nitrogens is 2. The number of nitrogens with zero attached hydrogens (tertiary/aromatic N) is 3. The topological polar surface area (TPSA) is 64.4 Å².